The predicted octanol–water partition coefficient (Wildman–Crippen LogP) is 4.16. The van der Waals surface area contributed by atoms with Crippen LogP contribution in [-0.2, 0) is 6.42 Å². The van der Waals surface area contributed by atoms with Crippen molar-refractivity contribution in [1.82, 2.24) is 5.32 Å². The molecule has 0 heterocycles. The fraction of sp³-hybridized carbons (Fsp3) is 0.600. The van der Waals surface area contributed by atoms with E-state index in [-0.39, 0.29) is 5.82 Å². The maximum absolute atomic E-state index is 13.3. The Morgan fingerprint density at radius 3 is 2.61 bits per heavy atom. The molecule has 1 aliphatic rings. The van der Waals surface area contributed by atoms with E-state index in [1.807, 2.05) is 6.07 Å². The lowest BCUT2D eigenvalue weighted by molar-refractivity contribution is 0.431. The maximum Gasteiger partial charge on any atom is 0.124 e. The lowest BCUT2D eigenvalue weighted by Crippen LogP contribution is -2.28. The van der Waals surface area contributed by atoms with Gasteiger partial charge in [-0.05, 0) is 60.9 Å². The molecule has 0 atom stereocenters. The zero-order valence-corrected chi connectivity index (χ0v) is 12.7. The van der Waals surface area contributed by atoms with Crippen LogP contribution in [0.4, 0.5) is 4.39 Å². The van der Waals surface area contributed by atoms with E-state index in [0.29, 0.717) is 11.3 Å². The van der Waals surface area contributed by atoms with Crippen LogP contribution in [0.5, 0.6) is 0 Å². The van der Waals surface area contributed by atoms with Crippen molar-refractivity contribution in [3.8, 4) is 0 Å². The molecule has 0 amide bonds. The summed E-state index contributed by atoms with van der Waals surface area (Å²) < 4.78 is 14.2. The highest BCUT2D eigenvalue weighted by molar-refractivity contribution is 9.10. The monoisotopic (exact) mass is 313 g/mol. The van der Waals surface area contributed by atoms with Crippen molar-refractivity contribution < 1.29 is 4.39 Å². The molecule has 1 fully saturated rings. The van der Waals surface area contributed by atoms with E-state index in [1.165, 1.54) is 18.9 Å². The van der Waals surface area contributed by atoms with Crippen LogP contribution in [0.2, 0.25) is 0 Å². The van der Waals surface area contributed by atoms with E-state index in [1.54, 1.807) is 6.07 Å². The van der Waals surface area contributed by atoms with Gasteiger partial charge in [0.1, 0.15) is 5.82 Å². The smallest absolute Gasteiger partial charge is 0.124 e. The molecule has 1 saturated carbocycles. The molecule has 0 radical (unpaired) electrons. The highest BCUT2D eigenvalue weighted by atomic mass is 79.9. The molecule has 1 nitrogen and oxygen atoms in total. The summed E-state index contributed by atoms with van der Waals surface area (Å²) in [6.07, 6.45) is 3.49. The van der Waals surface area contributed by atoms with Crippen molar-refractivity contribution >= 4 is 15.9 Å². The summed E-state index contributed by atoms with van der Waals surface area (Å²) in [6, 6.07) is 5.21. The maximum atomic E-state index is 13.3. The quantitative estimate of drug-likeness (QED) is 0.831. The van der Waals surface area contributed by atoms with Gasteiger partial charge in [-0.2, -0.15) is 0 Å². The highest BCUT2D eigenvalue weighted by Crippen LogP contribution is 2.48. The Hall–Kier alpha value is -0.410. The van der Waals surface area contributed by atoms with Crippen LogP contribution in [0.15, 0.2) is 22.7 Å². The van der Waals surface area contributed by atoms with Gasteiger partial charge in [-0.15, -0.1) is 0 Å². The van der Waals surface area contributed by atoms with Gasteiger partial charge in [0.25, 0.3) is 0 Å². The first kappa shape index (κ1) is 14.0. The molecule has 2 rings (SSSR count). The fourth-order valence-electron chi connectivity index (χ4n) is 2.36. The highest BCUT2D eigenvalue weighted by Gasteiger charge is 2.41. The minimum Gasteiger partial charge on any atom is -0.316 e. The zero-order valence-electron chi connectivity index (χ0n) is 11.1. The molecular weight excluding hydrogens is 293 g/mol. The standard InChI is InChI=1S/C15H21BrFN/c1-11(2)9-18-10-15(3-4-15)8-12-5-13(16)7-14(17)6-12/h5-7,11,18H,3-4,8-10H2,1-2H3. The number of benzene rings is 1. The summed E-state index contributed by atoms with van der Waals surface area (Å²) in [4.78, 5) is 0. The minimum atomic E-state index is -0.148. The van der Waals surface area contributed by atoms with Crippen LogP contribution < -0.4 is 5.32 Å². The van der Waals surface area contributed by atoms with E-state index >= 15 is 0 Å². The summed E-state index contributed by atoms with van der Waals surface area (Å²) in [5, 5.41) is 3.53. The molecule has 1 aromatic rings. The van der Waals surface area contributed by atoms with Crippen molar-refractivity contribution in [2.24, 2.45) is 11.3 Å². The molecule has 0 aromatic heterocycles. The average molecular weight is 314 g/mol. The Labute approximate surface area is 117 Å². The molecule has 100 valence electrons. The van der Waals surface area contributed by atoms with Crippen molar-refractivity contribution in [3.63, 3.8) is 0 Å². The number of rotatable bonds is 6. The zero-order chi connectivity index (χ0) is 13.2. The summed E-state index contributed by atoms with van der Waals surface area (Å²) in [6.45, 7) is 6.56. The number of hydrogen-bond donors (Lipinski definition) is 1. The molecule has 18 heavy (non-hydrogen) atoms. The molecule has 0 saturated heterocycles. The number of nitrogens with one attached hydrogen (secondary N) is 1. The Bertz CT molecular complexity index is 393. The van der Waals surface area contributed by atoms with Gasteiger partial charge in [-0.25, -0.2) is 4.39 Å². The topological polar surface area (TPSA) is 12.0 Å². The first-order valence-corrected chi connectivity index (χ1v) is 7.44. The summed E-state index contributed by atoms with van der Waals surface area (Å²) >= 11 is 3.36. The summed E-state index contributed by atoms with van der Waals surface area (Å²) in [5.41, 5.74) is 1.48. The molecule has 0 bridgehead atoms. The molecule has 0 spiro atoms. The molecule has 3 heteroatoms. The molecule has 1 aliphatic carbocycles. The van der Waals surface area contributed by atoms with E-state index in [9.17, 15) is 4.39 Å². The fourth-order valence-corrected chi connectivity index (χ4v) is 2.88. The van der Waals surface area contributed by atoms with Gasteiger partial charge in [0.15, 0.2) is 0 Å². The molecule has 1 N–H and O–H groups in total. The molecule has 0 aliphatic heterocycles. The van der Waals surface area contributed by atoms with E-state index in [2.05, 4.69) is 35.1 Å². The van der Waals surface area contributed by atoms with Gasteiger partial charge in [-0.1, -0.05) is 29.8 Å². The van der Waals surface area contributed by atoms with Gasteiger partial charge in [0.2, 0.25) is 0 Å². The predicted molar refractivity (Wildman–Crippen MR) is 77.2 cm³/mol. The van der Waals surface area contributed by atoms with Gasteiger partial charge >= 0.3 is 0 Å². The third-order valence-electron chi connectivity index (χ3n) is 3.51. The Balaban J connectivity index is 1.91. The van der Waals surface area contributed by atoms with Crippen LogP contribution >= 0.6 is 15.9 Å². The van der Waals surface area contributed by atoms with Crippen LogP contribution in [0, 0.1) is 17.2 Å². The Kier molecular flexibility index (Phi) is 4.44. The van der Waals surface area contributed by atoms with Crippen LogP contribution in [0.25, 0.3) is 0 Å². The second-order valence-electron chi connectivity index (χ2n) is 5.98. The van der Waals surface area contributed by atoms with E-state index in [4.69, 9.17) is 0 Å². The van der Waals surface area contributed by atoms with E-state index in [0.717, 1.165) is 29.5 Å². The lowest BCUT2D eigenvalue weighted by atomic mass is 9.96. The summed E-state index contributed by atoms with van der Waals surface area (Å²) in [7, 11) is 0. The molecule has 0 unspecified atom stereocenters. The van der Waals surface area contributed by atoms with Gasteiger partial charge in [-0.3, -0.25) is 0 Å². The molecular formula is C15H21BrFN. The van der Waals surface area contributed by atoms with Crippen molar-refractivity contribution in [3.05, 3.63) is 34.1 Å². The first-order valence-electron chi connectivity index (χ1n) is 6.65. The SMILES string of the molecule is CC(C)CNCC1(Cc2cc(F)cc(Br)c2)CC1. The largest absolute Gasteiger partial charge is 0.316 e. The third kappa shape index (κ3) is 4.06. The van der Waals surface area contributed by atoms with Crippen LogP contribution in [0.1, 0.15) is 32.3 Å². The van der Waals surface area contributed by atoms with Gasteiger partial charge in [0, 0.05) is 11.0 Å². The van der Waals surface area contributed by atoms with Crippen molar-refractivity contribution in [2.75, 3.05) is 13.1 Å². The number of hydrogen-bond acceptors (Lipinski definition) is 1. The minimum absolute atomic E-state index is 0.148. The van der Waals surface area contributed by atoms with Gasteiger partial charge in [0.05, 0.1) is 0 Å². The van der Waals surface area contributed by atoms with Crippen LogP contribution in [0.3, 0.4) is 0 Å². The van der Waals surface area contributed by atoms with E-state index < -0.39 is 0 Å². The second kappa shape index (κ2) is 5.70. The number of halogens is 2. The summed E-state index contributed by atoms with van der Waals surface area (Å²) in [5.74, 6) is 0.537. The normalized spacial score (nSPS) is 17.2. The van der Waals surface area contributed by atoms with Crippen molar-refractivity contribution in [1.29, 1.82) is 0 Å². The third-order valence-corrected chi connectivity index (χ3v) is 3.97. The Morgan fingerprint density at radius 2 is 2.06 bits per heavy atom. The Morgan fingerprint density at radius 1 is 1.33 bits per heavy atom. The average Bonchev–Trinajstić information content (AvgIpc) is 2.95. The molecule has 1 aromatic carbocycles. The van der Waals surface area contributed by atoms with Gasteiger partial charge < -0.3 is 5.32 Å². The lowest BCUT2D eigenvalue weighted by Gasteiger charge is -2.17. The van der Waals surface area contributed by atoms with Crippen LogP contribution in [-0.4, -0.2) is 13.1 Å². The van der Waals surface area contributed by atoms with Crippen molar-refractivity contribution in [2.45, 2.75) is 33.1 Å². The second-order valence-corrected chi connectivity index (χ2v) is 6.89. The first-order chi connectivity index (χ1) is 8.49.